The summed E-state index contributed by atoms with van der Waals surface area (Å²) in [7, 11) is -2.09. The van der Waals surface area contributed by atoms with Gasteiger partial charge in [-0.15, -0.1) is 0 Å². The first kappa shape index (κ1) is 17.5. The second kappa shape index (κ2) is 7.59. The molecule has 0 radical (unpaired) electrons. The average molecular weight is 353 g/mol. The van der Waals surface area contributed by atoms with Gasteiger partial charge in [-0.3, -0.25) is 0 Å². The predicted molar refractivity (Wildman–Crippen MR) is 90.0 cm³/mol. The molecule has 122 valence electrons. The maximum absolute atomic E-state index is 12.5. The fraction of sp³-hybridized carbons (Fsp3) is 0.188. The van der Waals surface area contributed by atoms with Gasteiger partial charge in [-0.25, -0.2) is 13.4 Å². The quantitative estimate of drug-likeness (QED) is 0.567. The molecule has 0 aliphatic carbocycles. The Bertz CT molecular complexity index is 759. The topological polar surface area (TPSA) is 59.5 Å². The maximum Gasteiger partial charge on any atom is 0.244 e. The lowest BCUT2D eigenvalue weighted by Crippen LogP contribution is -2.26. The van der Waals surface area contributed by atoms with Crippen molar-refractivity contribution >= 4 is 21.6 Å². The van der Waals surface area contributed by atoms with Crippen molar-refractivity contribution in [3.05, 3.63) is 66.0 Å². The smallest absolute Gasteiger partial charge is 0.244 e. The summed E-state index contributed by atoms with van der Waals surface area (Å²) in [5.74, 6) is 0.709. The second-order valence-electron chi connectivity index (χ2n) is 4.82. The van der Waals surface area contributed by atoms with E-state index >= 15 is 0 Å². The third kappa shape index (κ3) is 4.54. The molecule has 1 heterocycles. The average Bonchev–Trinajstić information content (AvgIpc) is 2.54. The van der Waals surface area contributed by atoms with E-state index in [0.29, 0.717) is 12.4 Å². The van der Waals surface area contributed by atoms with Crippen LogP contribution in [0.2, 0.25) is 5.15 Å². The van der Waals surface area contributed by atoms with Gasteiger partial charge in [-0.05, 0) is 29.8 Å². The van der Waals surface area contributed by atoms with Gasteiger partial charge in [0.2, 0.25) is 10.0 Å². The molecule has 2 rings (SSSR count). The normalized spacial score (nSPS) is 11.4. The highest BCUT2D eigenvalue weighted by atomic mass is 35.5. The molecule has 0 spiro atoms. The Balaban J connectivity index is 2.09. The third-order valence-electron chi connectivity index (χ3n) is 3.10. The van der Waals surface area contributed by atoms with Gasteiger partial charge in [-0.2, -0.15) is 4.31 Å². The summed E-state index contributed by atoms with van der Waals surface area (Å²) in [6, 6.07) is 10.1. The van der Waals surface area contributed by atoms with E-state index in [9.17, 15) is 8.42 Å². The van der Waals surface area contributed by atoms with Crippen molar-refractivity contribution in [2.75, 3.05) is 13.7 Å². The summed E-state index contributed by atoms with van der Waals surface area (Å²) < 4.78 is 31.6. The number of halogens is 1. The lowest BCUT2D eigenvalue weighted by Gasteiger charge is -2.17. The maximum atomic E-state index is 12.5. The zero-order valence-electron chi connectivity index (χ0n) is 12.6. The van der Waals surface area contributed by atoms with Crippen LogP contribution in [0.15, 0.2) is 60.1 Å². The fourth-order valence-corrected chi connectivity index (χ4v) is 3.10. The van der Waals surface area contributed by atoms with E-state index in [2.05, 4.69) is 11.6 Å². The Labute approximate surface area is 141 Å². The first-order valence-electron chi connectivity index (χ1n) is 6.84. The summed E-state index contributed by atoms with van der Waals surface area (Å²) in [4.78, 5) is 3.92. The van der Waals surface area contributed by atoms with Crippen LogP contribution in [-0.4, -0.2) is 31.4 Å². The van der Waals surface area contributed by atoms with Crippen LogP contribution in [0, 0.1) is 0 Å². The van der Waals surface area contributed by atoms with Crippen LogP contribution in [-0.2, 0) is 16.6 Å². The van der Waals surface area contributed by atoms with Crippen LogP contribution in [0.5, 0.6) is 5.75 Å². The van der Waals surface area contributed by atoms with Crippen molar-refractivity contribution < 1.29 is 13.2 Å². The van der Waals surface area contributed by atoms with Gasteiger partial charge in [0.1, 0.15) is 22.4 Å². The van der Waals surface area contributed by atoms with E-state index in [0.717, 1.165) is 5.56 Å². The summed E-state index contributed by atoms with van der Waals surface area (Å²) >= 11 is 5.68. The van der Waals surface area contributed by atoms with E-state index in [1.54, 1.807) is 18.2 Å². The molecule has 0 fully saturated rings. The Kier molecular flexibility index (Phi) is 5.76. The number of hydrogen-bond acceptors (Lipinski definition) is 4. The van der Waals surface area contributed by atoms with Crippen LogP contribution in [0.25, 0.3) is 0 Å². The number of sulfonamides is 1. The van der Waals surface area contributed by atoms with Crippen molar-refractivity contribution in [1.82, 2.24) is 9.29 Å². The number of pyridine rings is 1. The molecule has 23 heavy (non-hydrogen) atoms. The number of aromatic nitrogens is 1. The molecular formula is C16H17ClN2O3S. The molecule has 0 N–H and O–H groups in total. The Morgan fingerprint density at radius 1 is 1.26 bits per heavy atom. The molecule has 7 heteroatoms. The number of nitrogens with zero attached hydrogens (tertiary/aromatic N) is 2. The summed E-state index contributed by atoms with van der Waals surface area (Å²) in [5.41, 5.74) is 0.851. The first-order valence-corrected chi connectivity index (χ1v) is 8.66. The van der Waals surface area contributed by atoms with Crippen LogP contribution in [0.1, 0.15) is 5.56 Å². The first-order chi connectivity index (χ1) is 10.9. The molecule has 0 bridgehead atoms. The number of rotatable bonds is 7. The van der Waals surface area contributed by atoms with E-state index in [1.165, 1.54) is 29.7 Å². The number of benzene rings is 1. The standard InChI is InChI=1S/C16H17ClN2O3S/c1-3-10-22-14-6-4-13(5-7-14)12-19(2)23(20,21)15-8-9-16(17)18-11-15/h3-9,11H,1,10,12H2,2H3. The van der Waals surface area contributed by atoms with E-state index in [1.807, 2.05) is 12.1 Å². The molecule has 0 unspecified atom stereocenters. The van der Waals surface area contributed by atoms with Crippen molar-refractivity contribution in [1.29, 1.82) is 0 Å². The molecule has 1 aromatic carbocycles. The molecule has 1 aromatic heterocycles. The van der Waals surface area contributed by atoms with Crippen LogP contribution in [0.3, 0.4) is 0 Å². The largest absolute Gasteiger partial charge is 0.490 e. The molecule has 0 aliphatic rings. The van der Waals surface area contributed by atoms with Gasteiger partial charge >= 0.3 is 0 Å². The fourth-order valence-electron chi connectivity index (χ4n) is 1.88. The number of ether oxygens (including phenoxy) is 1. The van der Waals surface area contributed by atoms with Crippen LogP contribution >= 0.6 is 11.6 Å². The highest BCUT2D eigenvalue weighted by molar-refractivity contribution is 7.89. The van der Waals surface area contributed by atoms with Crippen LogP contribution < -0.4 is 4.74 Å². The Hall–Kier alpha value is -1.89. The van der Waals surface area contributed by atoms with Gasteiger partial charge in [0.15, 0.2) is 0 Å². The van der Waals surface area contributed by atoms with E-state index in [4.69, 9.17) is 16.3 Å². The Morgan fingerprint density at radius 3 is 2.52 bits per heavy atom. The van der Waals surface area contributed by atoms with Gasteiger partial charge in [0, 0.05) is 19.8 Å². The SMILES string of the molecule is C=CCOc1ccc(CN(C)S(=O)(=O)c2ccc(Cl)nc2)cc1. The van der Waals surface area contributed by atoms with E-state index < -0.39 is 10.0 Å². The van der Waals surface area contributed by atoms with Gasteiger partial charge in [0.25, 0.3) is 0 Å². The minimum Gasteiger partial charge on any atom is -0.490 e. The molecule has 0 atom stereocenters. The van der Waals surface area contributed by atoms with Crippen molar-refractivity contribution in [3.8, 4) is 5.75 Å². The zero-order chi connectivity index (χ0) is 16.9. The Morgan fingerprint density at radius 2 is 1.96 bits per heavy atom. The molecule has 0 aliphatic heterocycles. The predicted octanol–water partition coefficient (Wildman–Crippen LogP) is 3.12. The highest BCUT2D eigenvalue weighted by Gasteiger charge is 2.21. The third-order valence-corrected chi connectivity index (χ3v) is 5.12. The second-order valence-corrected chi connectivity index (χ2v) is 7.25. The molecule has 2 aromatic rings. The molecule has 5 nitrogen and oxygen atoms in total. The lowest BCUT2D eigenvalue weighted by atomic mass is 10.2. The van der Waals surface area contributed by atoms with Crippen molar-refractivity contribution in [2.24, 2.45) is 0 Å². The lowest BCUT2D eigenvalue weighted by molar-refractivity contribution is 0.363. The minimum absolute atomic E-state index is 0.107. The molecule has 0 saturated carbocycles. The monoisotopic (exact) mass is 352 g/mol. The summed E-state index contributed by atoms with van der Waals surface area (Å²) in [6.45, 7) is 4.25. The van der Waals surface area contributed by atoms with Crippen molar-refractivity contribution in [2.45, 2.75) is 11.4 Å². The van der Waals surface area contributed by atoms with Gasteiger partial charge in [-0.1, -0.05) is 36.4 Å². The highest BCUT2D eigenvalue weighted by Crippen LogP contribution is 2.19. The number of hydrogen-bond donors (Lipinski definition) is 0. The molecular weight excluding hydrogens is 336 g/mol. The molecule has 0 amide bonds. The summed E-state index contributed by atoms with van der Waals surface area (Å²) in [6.07, 6.45) is 2.91. The van der Waals surface area contributed by atoms with Crippen molar-refractivity contribution in [3.63, 3.8) is 0 Å². The zero-order valence-corrected chi connectivity index (χ0v) is 14.2. The van der Waals surface area contributed by atoms with E-state index in [-0.39, 0.29) is 16.6 Å². The van der Waals surface area contributed by atoms with Gasteiger partial charge < -0.3 is 4.74 Å². The minimum atomic E-state index is -3.61. The summed E-state index contributed by atoms with van der Waals surface area (Å²) in [5, 5.41) is 0.252. The van der Waals surface area contributed by atoms with Gasteiger partial charge in [0.05, 0.1) is 0 Å². The molecule has 0 saturated heterocycles. The van der Waals surface area contributed by atoms with Crippen LogP contribution in [0.4, 0.5) is 0 Å².